The fourth-order valence-electron chi connectivity index (χ4n) is 3.10. The van der Waals surface area contributed by atoms with Crippen LogP contribution in [-0.4, -0.2) is 37.7 Å². The molecule has 7 nitrogen and oxygen atoms in total. The number of ether oxygens (including phenoxy) is 1. The van der Waals surface area contributed by atoms with Crippen LogP contribution in [0.5, 0.6) is 0 Å². The first-order valence-corrected chi connectivity index (χ1v) is 8.88. The smallest absolute Gasteiger partial charge is 0.342 e. The molecule has 0 spiro atoms. The molecule has 0 saturated heterocycles. The fraction of sp³-hybridized carbons (Fsp3) is 0.238. The number of esters is 1. The Hall–Kier alpha value is -3.48. The Morgan fingerprint density at radius 2 is 1.96 bits per heavy atom. The summed E-state index contributed by atoms with van der Waals surface area (Å²) >= 11 is 0. The van der Waals surface area contributed by atoms with Crippen molar-refractivity contribution >= 4 is 11.8 Å². The molecule has 0 N–H and O–H groups in total. The van der Waals surface area contributed by atoms with Crippen LogP contribution < -0.4 is 0 Å². The number of aromatic nitrogens is 4. The van der Waals surface area contributed by atoms with E-state index in [1.165, 1.54) is 6.20 Å². The second-order valence-corrected chi connectivity index (χ2v) is 6.43. The standard InChI is InChI=1S/C21H22N4O3/c1-5-10-24-14(2)11-17(15(24)3)19(26)13-28-21(27)18-12-23-25(16(18)4)20-8-6-7-9-22-20/h5-9,11-12H,1,10,13H2,2-4H3. The molecule has 144 valence electrons. The van der Waals surface area contributed by atoms with Gasteiger partial charge in [-0.2, -0.15) is 5.10 Å². The number of rotatable bonds is 7. The molecule has 0 amide bonds. The largest absolute Gasteiger partial charge is 0.454 e. The highest BCUT2D eigenvalue weighted by Crippen LogP contribution is 2.17. The lowest BCUT2D eigenvalue weighted by Gasteiger charge is -2.07. The molecule has 3 aromatic rings. The maximum atomic E-state index is 12.5. The van der Waals surface area contributed by atoms with Crippen molar-refractivity contribution in [3.8, 4) is 5.82 Å². The van der Waals surface area contributed by atoms with Crippen LogP contribution >= 0.6 is 0 Å². The lowest BCUT2D eigenvalue weighted by atomic mass is 10.1. The van der Waals surface area contributed by atoms with Gasteiger partial charge in [-0.3, -0.25) is 4.79 Å². The quantitative estimate of drug-likeness (QED) is 0.358. The molecular formula is C21H22N4O3. The average Bonchev–Trinajstić information content (AvgIpc) is 3.21. The minimum Gasteiger partial charge on any atom is -0.454 e. The van der Waals surface area contributed by atoms with Gasteiger partial charge in [0.25, 0.3) is 0 Å². The van der Waals surface area contributed by atoms with E-state index in [-0.39, 0.29) is 12.4 Å². The van der Waals surface area contributed by atoms with Gasteiger partial charge in [-0.15, -0.1) is 6.58 Å². The Kier molecular flexibility index (Phi) is 5.54. The molecule has 0 bridgehead atoms. The molecule has 0 saturated carbocycles. The number of hydrogen-bond donors (Lipinski definition) is 0. The molecule has 0 aliphatic carbocycles. The zero-order valence-corrected chi connectivity index (χ0v) is 16.2. The SMILES string of the molecule is C=CCn1c(C)cc(C(=O)COC(=O)c2cnn(-c3ccccn3)c2C)c1C. The van der Waals surface area contributed by atoms with Crippen molar-refractivity contribution in [2.75, 3.05) is 6.61 Å². The lowest BCUT2D eigenvalue weighted by Crippen LogP contribution is -2.15. The van der Waals surface area contributed by atoms with Crippen LogP contribution in [0.25, 0.3) is 5.82 Å². The number of ketones is 1. The summed E-state index contributed by atoms with van der Waals surface area (Å²) in [5.41, 5.74) is 3.24. The summed E-state index contributed by atoms with van der Waals surface area (Å²) in [6.45, 7) is 9.57. The maximum Gasteiger partial charge on any atom is 0.342 e. The van der Waals surface area contributed by atoms with Crippen molar-refractivity contribution in [2.24, 2.45) is 0 Å². The minimum atomic E-state index is -0.590. The summed E-state index contributed by atoms with van der Waals surface area (Å²) in [5, 5.41) is 4.20. The molecule has 0 fully saturated rings. The highest BCUT2D eigenvalue weighted by atomic mass is 16.5. The van der Waals surface area contributed by atoms with E-state index in [9.17, 15) is 9.59 Å². The molecule has 0 aromatic carbocycles. The van der Waals surface area contributed by atoms with Crippen molar-refractivity contribution < 1.29 is 14.3 Å². The molecule has 0 atom stereocenters. The number of pyridine rings is 1. The summed E-state index contributed by atoms with van der Waals surface area (Å²) in [4.78, 5) is 29.2. The molecule has 0 aliphatic rings. The third-order valence-electron chi connectivity index (χ3n) is 4.62. The normalized spacial score (nSPS) is 10.7. The first-order valence-electron chi connectivity index (χ1n) is 8.88. The number of carbonyl (C=O) groups is 2. The predicted molar refractivity (Wildman–Crippen MR) is 105 cm³/mol. The minimum absolute atomic E-state index is 0.244. The molecule has 0 radical (unpaired) electrons. The Labute approximate surface area is 163 Å². The lowest BCUT2D eigenvalue weighted by molar-refractivity contribution is 0.0473. The first kappa shape index (κ1) is 19.3. The summed E-state index contributed by atoms with van der Waals surface area (Å²) in [5.74, 6) is -0.232. The van der Waals surface area contributed by atoms with Gasteiger partial charge in [0.05, 0.1) is 11.9 Å². The monoisotopic (exact) mass is 378 g/mol. The molecule has 0 aliphatic heterocycles. The van der Waals surface area contributed by atoms with Crippen molar-refractivity contribution in [1.29, 1.82) is 0 Å². The predicted octanol–water partition coefficient (Wildman–Crippen LogP) is 3.22. The van der Waals surface area contributed by atoms with Crippen LogP contribution in [0.15, 0.2) is 49.3 Å². The highest BCUT2D eigenvalue weighted by molar-refractivity contribution is 6.00. The Balaban J connectivity index is 1.71. The van der Waals surface area contributed by atoms with E-state index in [1.54, 1.807) is 42.1 Å². The summed E-state index contributed by atoms with van der Waals surface area (Å²) in [6, 6.07) is 7.23. The van der Waals surface area contributed by atoms with Gasteiger partial charge < -0.3 is 9.30 Å². The molecule has 0 unspecified atom stereocenters. The molecule has 7 heteroatoms. The van der Waals surface area contributed by atoms with Crippen LogP contribution in [0.1, 0.15) is 37.8 Å². The third kappa shape index (κ3) is 3.64. The van der Waals surface area contributed by atoms with Crippen LogP contribution in [-0.2, 0) is 11.3 Å². The van der Waals surface area contributed by atoms with E-state index in [1.807, 2.05) is 24.5 Å². The van der Waals surface area contributed by atoms with E-state index in [0.717, 1.165) is 11.4 Å². The van der Waals surface area contributed by atoms with Gasteiger partial charge in [-0.05, 0) is 39.0 Å². The molecule has 3 heterocycles. The Bertz CT molecular complexity index is 1030. The van der Waals surface area contributed by atoms with Gasteiger partial charge >= 0.3 is 5.97 Å². The van der Waals surface area contributed by atoms with Crippen LogP contribution in [0, 0.1) is 20.8 Å². The van der Waals surface area contributed by atoms with Crippen molar-refractivity contribution in [3.05, 3.63) is 77.5 Å². The topological polar surface area (TPSA) is 79.0 Å². The van der Waals surface area contributed by atoms with E-state index in [0.29, 0.717) is 29.2 Å². The number of Topliss-reactive ketones (excluding diaryl/α,β-unsaturated/α-hetero) is 1. The van der Waals surface area contributed by atoms with Crippen molar-refractivity contribution in [1.82, 2.24) is 19.3 Å². The number of carbonyl (C=O) groups excluding carboxylic acids is 2. The van der Waals surface area contributed by atoms with Crippen LogP contribution in [0.4, 0.5) is 0 Å². The van der Waals surface area contributed by atoms with Gasteiger partial charge in [0.2, 0.25) is 5.78 Å². The van der Waals surface area contributed by atoms with Crippen molar-refractivity contribution in [3.63, 3.8) is 0 Å². The number of hydrogen-bond acceptors (Lipinski definition) is 5. The second-order valence-electron chi connectivity index (χ2n) is 6.43. The number of aryl methyl sites for hydroxylation is 1. The molecule has 3 rings (SSSR count). The van der Waals surface area contributed by atoms with Crippen LogP contribution in [0.3, 0.4) is 0 Å². The fourth-order valence-corrected chi connectivity index (χ4v) is 3.10. The maximum absolute atomic E-state index is 12.5. The number of allylic oxidation sites excluding steroid dienone is 1. The first-order chi connectivity index (χ1) is 13.4. The average molecular weight is 378 g/mol. The van der Waals surface area contributed by atoms with Gasteiger partial charge in [0, 0.05) is 29.7 Å². The summed E-state index contributed by atoms with van der Waals surface area (Å²) < 4.78 is 8.79. The van der Waals surface area contributed by atoms with Gasteiger partial charge in [-0.25, -0.2) is 14.5 Å². The zero-order chi connectivity index (χ0) is 20.3. The van der Waals surface area contributed by atoms with E-state index < -0.39 is 5.97 Å². The Morgan fingerprint density at radius 3 is 2.64 bits per heavy atom. The molecule has 3 aromatic heterocycles. The van der Waals surface area contributed by atoms with Crippen molar-refractivity contribution in [2.45, 2.75) is 27.3 Å². The van der Waals surface area contributed by atoms with Gasteiger partial charge in [-0.1, -0.05) is 12.1 Å². The van der Waals surface area contributed by atoms with Gasteiger partial charge in [0.15, 0.2) is 12.4 Å². The molecular weight excluding hydrogens is 356 g/mol. The third-order valence-corrected chi connectivity index (χ3v) is 4.62. The molecule has 28 heavy (non-hydrogen) atoms. The van der Waals surface area contributed by atoms with Crippen LogP contribution in [0.2, 0.25) is 0 Å². The summed E-state index contributed by atoms with van der Waals surface area (Å²) in [7, 11) is 0. The zero-order valence-electron chi connectivity index (χ0n) is 16.2. The second kappa shape index (κ2) is 8.04. The summed E-state index contributed by atoms with van der Waals surface area (Å²) in [6.07, 6.45) is 4.85. The highest BCUT2D eigenvalue weighted by Gasteiger charge is 2.20. The van der Waals surface area contributed by atoms with E-state index in [2.05, 4.69) is 16.7 Å². The van der Waals surface area contributed by atoms with Gasteiger partial charge in [0.1, 0.15) is 5.56 Å². The van der Waals surface area contributed by atoms with E-state index >= 15 is 0 Å². The van der Waals surface area contributed by atoms with E-state index in [4.69, 9.17) is 4.74 Å². The number of nitrogens with zero attached hydrogens (tertiary/aromatic N) is 4. The Morgan fingerprint density at radius 1 is 1.18 bits per heavy atom.